The lowest BCUT2D eigenvalue weighted by Gasteiger charge is -2.35. The van der Waals surface area contributed by atoms with Crippen LogP contribution in [0.3, 0.4) is 0 Å². The molecule has 1 fully saturated rings. The van der Waals surface area contributed by atoms with E-state index in [1.807, 2.05) is 12.1 Å². The quantitative estimate of drug-likeness (QED) is 0.670. The van der Waals surface area contributed by atoms with Gasteiger partial charge in [0.25, 0.3) is 0 Å². The number of hydrogen-bond acceptors (Lipinski definition) is 6. The Bertz CT molecular complexity index is 1050. The first kappa shape index (κ1) is 18.4. The molecule has 5 nitrogen and oxygen atoms in total. The molecular weight excluding hydrogens is 378 g/mol. The minimum Gasteiger partial charge on any atom is -0.353 e. The minimum absolute atomic E-state index is 0.332. The Morgan fingerprint density at radius 2 is 1.78 bits per heavy atom. The van der Waals surface area contributed by atoms with Crippen molar-refractivity contribution in [2.75, 3.05) is 43.9 Å². The largest absolute Gasteiger partial charge is 0.353 e. The van der Waals surface area contributed by atoms with E-state index in [1.165, 1.54) is 16.3 Å². The number of nitrogens with zero attached hydrogens (tertiary/aromatic N) is 3. The van der Waals surface area contributed by atoms with Gasteiger partial charge in [0.15, 0.2) is 9.84 Å². The second-order valence-corrected chi connectivity index (χ2v) is 9.82. The number of sulfone groups is 1. The maximum Gasteiger partial charge on any atom is 0.175 e. The van der Waals surface area contributed by atoms with Crippen LogP contribution in [-0.2, 0) is 9.84 Å². The molecule has 1 saturated heterocycles. The molecule has 0 spiro atoms. The fourth-order valence-corrected chi connectivity index (χ4v) is 4.99. The molecule has 0 amide bonds. The predicted octanol–water partition coefficient (Wildman–Crippen LogP) is 3.51. The van der Waals surface area contributed by atoms with Crippen molar-refractivity contribution in [2.24, 2.45) is 0 Å². The van der Waals surface area contributed by atoms with Crippen LogP contribution in [0.5, 0.6) is 0 Å². The van der Waals surface area contributed by atoms with E-state index in [0.29, 0.717) is 4.90 Å². The van der Waals surface area contributed by atoms with Crippen LogP contribution in [0.4, 0.5) is 5.82 Å². The van der Waals surface area contributed by atoms with Gasteiger partial charge in [0.05, 0.1) is 15.3 Å². The average molecular weight is 402 g/mol. The molecule has 7 heteroatoms. The zero-order valence-corrected chi connectivity index (χ0v) is 17.2. The summed E-state index contributed by atoms with van der Waals surface area (Å²) in [5.74, 6) is 1.04. The van der Waals surface area contributed by atoms with Crippen molar-refractivity contribution in [1.82, 2.24) is 9.88 Å². The highest BCUT2D eigenvalue weighted by atomic mass is 32.2. The summed E-state index contributed by atoms with van der Waals surface area (Å²) in [7, 11) is -3.19. The van der Waals surface area contributed by atoms with Crippen LogP contribution in [0.2, 0.25) is 0 Å². The monoisotopic (exact) mass is 401 g/mol. The first-order chi connectivity index (χ1) is 13.0. The Labute approximate surface area is 164 Å². The number of benzene rings is 1. The number of fused-ring (bicyclic) bond motifs is 1. The van der Waals surface area contributed by atoms with E-state index in [4.69, 9.17) is 4.98 Å². The fourth-order valence-electron chi connectivity index (χ4n) is 3.47. The highest BCUT2D eigenvalue weighted by molar-refractivity contribution is 7.90. The van der Waals surface area contributed by atoms with Gasteiger partial charge in [-0.05, 0) is 41.6 Å². The van der Waals surface area contributed by atoms with Gasteiger partial charge in [0.1, 0.15) is 5.82 Å². The standard InChI is InChI=1S/C20H23N3O2S2/c1-3-22-9-11-23(12-10-22)20-19-16(8-13-26-19)14-18(21-20)15-4-6-17(7-5-15)27(2,24)25/h4-8,13-14H,3,9-12H2,1-2H3. The van der Waals surface area contributed by atoms with Gasteiger partial charge in [-0.15, -0.1) is 11.3 Å². The Morgan fingerprint density at radius 3 is 2.41 bits per heavy atom. The van der Waals surface area contributed by atoms with E-state index in [-0.39, 0.29) is 0 Å². The third kappa shape index (κ3) is 3.72. The number of pyridine rings is 1. The smallest absolute Gasteiger partial charge is 0.175 e. The van der Waals surface area contributed by atoms with Crippen molar-refractivity contribution in [3.8, 4) is 11.3 Å². The Hall–Kier alpha value is -1.96. The van der Waals surface area contributed by atoms with Gasteiger partial charge in [-0.2, -0.15) is 0 Å². The van der Waals surface area contributed by atoms with Crippen molar-refractivity contribution in [1.29, 1.82) is 0 Å². The summed E-state index contributed by atoms with van der Waals surface area (Å²) in [4.78, 5) is 10.1. The molecule has 1 aliphatic heterocycles. The van der Waals surface area contributed by atoms with E-state index < -0.39 is 9.84 Å². The van der Waals surface area contributed by atoms with E-state index in [2.05, 4.69) is 34.2 Å². The van der Waals surface area contributed by atoms with Crippen molar-refractivity contribution < 1.29 is 8.42 Å². The molecule has 0 aliphatic carbocycles. The van der Waals surface area contributed by atoms with Crippen molar-refractivity contribution >= 4 is 37.1 Å². The first-order valence-corrected chi connectivity index (χ1v) is 11.9. The number of hydrogen-bond donors (Lipinski definition) is 0. The van der Waals surface area contributed by atoms with Gasteiger partial charge in [-0.1, -0.05) is 19.1 Å². The third-order valence-corrected chi connectivity index (χ3v) is 7.17. The molecule has 0 saturated carbocycles. The zero-order chi connectivity index (χ0) is 19.0. The summed E-state index contributed by atoms with van der Waals surface area (Å²) < 4.78 is 24.6. The molecule has 0 bridgehead atoms. The van der Waals surface area contributed by atoms with Crippen LogP contribution in [0.25, 0.3) is 21.3 Å². The zero-order valence-electron chi connectivity index (χ0n) is 15.6. The van der Waals surface area contributed by atoms with Crippen molar-refractivity contribution in [3.05, 3.63) is 41.8 Å². The van der Waals surface area contributed by atoms with Crippen LogP contribution in [0, 0.1) is 0 Å². The fraction of sp³-hybridized carbons (Fsp3) is 0.350. The van der Waals surface area contributed by atoms with E-state index in [9.17, 15) is 8.42 Å². The lowest BCUT2D eigenvalue weighted by molar-refractivity contribution is 0.271. The molecule has 142 valence electrons. The van der Waals surface area contributed by atoms with E-state index >= 15 is 0 Å². The average Bonchev–Trinajstić information content (AvgIpc) is 3.15. The Morgan fingerprint density at radius 1 is 1.07 bits per heavy atom. The summed E-state index contributed by atoms with van der Waals surface area (Å²) in [5.41, 5.74) is 1.82. The molecule has 0 radical (unpaired) electrons. The summed E-state index contributed by atoms with van der Waals surface area (Å²) >= 11 is 1.73. The van der Waals surface area contributed by atoms with Gasteiger partial charge in [0, 0.05) is 38.0 Å². The van der Waals surface area contributed by atoms with Crippen LogP contribution in [-0.4, -0.2) is 57.3 Å². The van der Waals surface area contributed by atoms with Crippen LogP contribution in [0.1, 0.15) is 6.92 Å². The molecule has 4 rings (SSSR count). The normalized spacial score (nSPS) is 16.1. The number of thiophene rings is 1. The highest BCUT2D eigenvalue weighted by Gasteiger charge is 2.20. The van der Waals surface area contributed by atoms with Crippen LogP contribution in [0.15, 0.2) is 46.7 Å². The molecule has 3 aromatic rings. The molecule has 1 aliphatic rings. The minimum atomic E-state index is -3.19. The number of anilines is 1. The molecule has 3 heterocycles. The molecule has 2 aromatic heterocycles. The molecule has 27 heavy (non-hydrogen) atoms. The summed E-state index contributed by atoms with van der Waals surface area (Å²) in [5, 5.41) is 3.29. The number of piperazine rings is 1. The predicted molar refractivity (Wildman–Crippen MR) is 112 cm³/mol. The van der Waals surface area contributed by atoms with Crippen molar-refractivity contribution in [2.45, 2.75) is 11.8 Å². The number of likely N-dealkylation sites (N-methyl/N-ethyl adjacent to an activating group) is 1. The van der Waals surface area contributed by atoms with Gasteiger partial charge in [-0.3, -0.25) is 0 Å². The van der Waals surface area contributed by atoms with Crippen LogP contribution < -0.4 is 4.90 Å². The SMILES string of the molecule is CCN1CCN(c2nc(-c3ccc(S(C)(=O)=O)cc3)cc3ccsc23)CC1. The number of aromatic nitrogens is 1. The Balaban J connectivity index is 1.72. The Kier molecular flexibility index (Phi) is 4.92. The second kappa shape index (κ2) is 7.22. The van der Waals surface area contributed by atoms with Crippen molar-refractivity contribution in [3.63, 3.8) is 0 Å². The van der Waals surface area contributed by atoms with Gasteiger partial charge >= 0.3 is 0 Å². The van der Waals surface area contributed by atoms with E-state index in [1.54, 1.807) is 23.5 Å². The maximum absolute atomic E-state index is 11.7. The van der Waals surface area contributed by atoms with E-state index in [0.717, 1.165) is 49.8 Å². The second-order valence-electron chi connectivity index (χ2n) is 6.89. The van der Waals surface area contributed by atoms with Gasteiger partial charge in [-0.25, -0.2) is 13.4 Å². The molecular formula is C20H23N3O2S2. The summed E-state index contributed by atoms with van der Waals surface area (Å²) in [6.07, 6.45) is 1.23. The number of rotatable bonds is 4. The highest BCUT2D eigenvalue weighted by Crippen LogP contribution is 2.34. The summed E-state index contributed by atoms with van der Waals surface area (Å²) in [6, 6.07) is 11.2. The molecule has 0 unspecified atom stereocenters. The summed E-state index contributed by atoms with van der Waals surface area (Å²) in [6.45, 7) is 7.35. The van der Waals surface area contributed by atoms with Gasteiger partial charge < -0.3 is 9.80 Å². The molecule has 0 atom stereocenters. The lowest BCUT2D eigenvalue weighted by Crippen LogP contribution is -2.46. The maximum atomic E-state index is 11.7. The lowest BCUT2D eigenvalue weighted by atomic mass is 10.1. The van der Waals surface area contributed by atoms with Crippen LogP contribution >= 0.6 is 11.3 Å². The topological polar surface area (TPSA) is 53.5 Å². The third-order valence-electron chi connectivity index (χ3n) is 5.11. The molecule has 0 N–H and O–H groups in total. The van der Waals surface area contributed by atoms with Gasteiger partial charge in [0.2, 0.25) is 0 Å². The molecule has 1 aromatic carbocycles. The first-order valence-electron chi connectivity index (χ1n) is 9.12.